The number of rotatable bonds is 4. The topological polar surface area (TPSA) is 21.3 Å². The highest BCUT2D eigenvalue weighted by Gasteiger charge is 2.31. The molecule has 2 heteroatoms. The summed E-state index contributed by atoms with van der Waals surface area (Å²) in [5.74, 6) is 0.812. The summed E-state index contributed by atoms with van der Waals surface area (Å²) in [6.07, 6.45) is 5.41. The Morgan fingerprint density at radius 2 is 1.94 bits per heavy atom. The average molecular weight is 227 g/mol. The molecule has 0 heterocycles. The summed E-state index contributed by atoms with van der Waals surface area (Å²) in [4.78, 5) is 0. The summed E-state index contributed by atoms with van der Waals surface area (Å²) in [5, 5.41) is 3.64. The van der Waals surface area contributed by atoms with Gasteiger partial charge in [-0.1, -0.05) is 13.8 Å². The van der Waals surface area contributed by atoms with E-state index in [4.69, 9.17) is 4.74 Å². The maximum Gasteiger partial charge on any atom is 0.0737 e. The Hall–Kier alpha value is -0.0800. The minimum absolute atomic E-state index is 0.0200. The fourth-order valence-electron chi connectivity index (χ4n) is 2.48. The van der Waals surface area contributed by atoms with Crippen molar-refractivity contribution in [3.63, 3.8) is 0 Å². The van der Waals surface area contributed by atoms with Crippen LogP contribution in [0.1, 0.15) is 60.3 Å². The van der Waals surface area contributed by atoms with E-state index in [1.165, 1.54) is 25.7 Å². The van der Waals surface area contributed by atoms with Gasteiger partial charge >= 0.3 is 0 Å². The lowest BCUT2D eigenvalue weighted by Gasteiger charge is -2.39. The van der Waals surface area contributed by atoms with Crippen LogP contribution in [0.4, 0.5) is 0 Å². The van der Waals surface area contributed by atoms with E-state index in [2.05, 4.69) is 39.9 Å². The molecule has 3 unspecified atom stereocenters. The SMILES string of the molecule is CCCNC1CCC(C)CC1OC(C)(C)C. The second-order valence-corrected chi connectivity index (χ2v) is 6.25. The molecular formula is C14H29NO. The van der Waals surface area contributed by atoms with Gasteiger partial charge in [0.15, 0.2) is 0 Å². The van der Waals surface area contributed by atoms with E-state index in [1.54, 1.807) is 0 Å². The van der Waals surface area contributed by atoms with E-state index in [-0.39, 0.29) is 5.60 Å². The third kappa shape index (κ3) is 4.84. The van der Waals surface area contributed by atoms with Gasteiger partial charge in [0.25, 0.3) is 0 Å². The second-order valence-electron chi connectivity index (χ2n) is 6.25. The van der Waals surface area contributed by atoms with Crippen LogP contribution in [0.15, 0.2) is 0 Å². The fraction of sp³-hybridized carbons (Fsp3) is 1.00. The van der Waals surface area contributed by atoms with E-state index >= 15 is 0 Å². The van der Waals surface area contributed by atoms with Gasteiger partial charge < -0.3 is 10.1 Å². The zero-order valence-electron chi connectivity index (χ0n) is 11.7. The monoisotopic (exact) mass is 227 g/mol. The molecule has 16 heavy (non-hydrogen) atoms. The summed E-state index contributed by atoms with van der Waals surface area (Å²) in [5.41, 5.74) is -0.0200. The molecule has 3 atom stereocenters. The standard InChI is InChI=1S/C14H29NO/c1-6-9-15-12-8-7-11(2)10-13(12)16-14(3,4)5/h11-13,15H,6-10H2,1-5H3. The van der Waals surface area contributed by atoms with Crippen molar-refractivity contribution in [3.05, 3.63) is 0 Å². The van der Waals surface area contributed by atoms with Gasteiger partial charge in [0.2, 0.25) is 0 Å². The molecule has 0 aliphatic heterocycles. The molecule has 0 spiro atoms. The fourth-order valence-corrected chi connectivity index (χ4v) is 2.48. The second kappa shape index (κ2) is 6.02. The molecule has 1 fully saturated rings. The molecule has 1 aliphatic rings. The third-order valence-corrected chi connectivity index (χ3v) is 3.22. The van der Waals surface area contributed by atoms with Crippen LogP contribution in [-0.4, -0.2) is 24.3 Å². The Labute approximate surface area is 101 Å². The van der Waals surface area contributed by atoms with E-state index in [0.29, 0.717) is 12.1 Å². The molecule has 1 N–H and O–H groups in total. The van der Waals surface area contributed by atoms with Gasteiger partial charge in [-0.25, -0.2) is 0 Å². The van der Waals surface area contributed by atoms with Crippen LogP contribution in [0.25, 0.3) is 0 Å². The lowest BCUT2D eigenvalue weighted by atomic mass is 9.84. The van der Waals surface area contributed by atoms with E-state index < -0.39 is 0 Å². The lowest BCUT2D eigenvalue weighted by Crippen LogP contribution is -2.48. The third-order valence-electron chi connectivity index (χ3n) is 3.22. The summed E-state index contributed by atoms with van der Waals surface area (Å²) >= 11 is 0. The Morgan fingerprint density at radius 1 is 1.25 bits per heavy atom. The van der Waals surface area contributed by atoms with Gasteiger partial charge in [-0.15, -0.1) is 0 Å². The lowest BCUT2D eigenvalue weighted by molar-refractivity contribution is -0.0939. The number of hydrogen-bond acceptors (Lipinski definition) is 2. The molecular weight excluding hydrogens is 198 g/mol. The summed E-state index contributed by atoms with van der Waals surface area (Å²) in [6, 6.07) is 0.565. The van der Waals surface area contributed by atoms with Crippen LogP contribution < -0.4 is 5.32 Å². The first-order valence-corrected chi connectivity index (χ1v) is 6.83. The highest BCUT2D eigenvalue weighted by molar-refractivity contribution is 4.86. The molecule has 0 aromatic rings. The normalized spacial score (nSPS) is 31.7. The number of nitrogens with one attached hydrogen (secondary N) is 1. The highest BCUT2D eigenvalue weighted by Crippen LogP contribution is 2.29. The van der Waals surface area contributed by atoms with E-state index in [1.807, 2.05) is 0 Å². The van der Waals surface area contributed by atoms with E-state index in [9.17, 15) is 0 Å². The highest BCUT2D eigenvalue weighted by atomic mass is 16.5. The largest absolute Gasteiger partial charge is 0.371 e. The molecule has 2 nitrogen and oxygen atoms in total. The molecule has 0 bridgehead atoms. The van der Waals surface area contributed by atoms with Crippen molar-refractivity contribution in [1.82, 2.24) is 5.32 Å². The van der Waals surface area contributed by atoms with Crippen molar-refractivity contribution in [2.75, 3.05) is 6.54 Å². The first-order chi connectivity index (χ1) is 7.42. The molecule has 1 saturated carbocycles. The molecule has 0 radical (unpaired) electrons. The Bertz CT molecular complexity index is 195. The van der Waals surface area contributed by atoms with Crippen LogP contribution >= 0.6 is 0 Å². The average Bonchev–Trinajstić information content (AvgIpc) is 2.14. The predicted molar refractivity (Wildman–Crippen MR) is 69.7 cm³/mol. The molecule has 0 amide bonds. The van der Waals surface area contributed by atoms with Gasteiger partial charge in [-0.3, -0.25) is 0 Å². The first-order valence-electron chi connectivity index (χ1n) is 6.83. The molecule has 1 aliphatic carbocycles. The maximum absolute atomic E-state index is 6.20. The smallest absolute Gasteiger partial charge is 0.0737 e. The Morgan fingerprint density at radius 3 is 2.50 bits per heavy atom. The first kappa shape index (κ1) is 14.0. The summed E-state index contributed by atoms with van der Waals surface area (Å²) < 4.78 is 6.20. The minimum Gasteiger partial charge on any atom is -0.371 e. The van der Waals surface area contributed by atoms with Gasteiger partial charge in [-0.05, 0) is 58.9 Å². The van der Waals surface area contributed by atoms with Gasteiger partial charge in [0.1, 0.15) is 0 Å². The van der Waals surface area contributed by atoms with Crippen LogP contribution in [0.5, 0.6) is 0 Å². The summed E-state index contributed by atoms with van der Waals surface area (Å²) in [6.45, 7) is 12.1. The Kier molecular flexibility index (Phi) is 5.26. The zero-order valence-corrected chi connectivity index (χ0v) is 11.7. The van der Waals surface area contributed by atoms with Crippen LogP contribution in [0, 0.1) is 5.92 Å². The molecule has 1 rings (SSSR count). The molecule has 0 aromatic carbocycles. The van der Waals surface area contributed by atoms with Crippen LogP contribution in [-0.2, 0) is 4.74 Å². The minimum atomic E-state index is -0.0200. The van der Waals surface area contributed by atoms with Gasteiger partial charge in [0, 0.05) is 6.04 Å². The van der Waals surface area contributed by atoms with Crippen LogP contribution in [0.3, 0.4) is 0 Å². The molecule has 96 valence electrons. The summed E-state index contributed by atoms with van der Waals surface area (Å²) in [7, 11) is 0. The maximum atomic E-state index is 6.20. The Balaban J connectivity index is 2.51. The molecule has 0 aromatic heterocycles. The molecule has 0 saturated heterocycles. The van der Waals surface area contributed by atoms with Gasteiger partial charge in [0.05, 0.1) is 11.7 Å². The van der Waals surface area contributed by atoms with Crippen molar-refractivity contribution < 1.29 is 4.74 Å². The van der Waals surface area contributed by atoms with Gasteiger partial charge in [-0.2, -0.15) is 0 Å². The predicted octanol–water partition coefficient (Wildman–Crippen LogP) is 3.36. The zero-order chi connectivity index (χ0) is 12.2. The van der Waals surface area contributed by atoms with Crippen molar-refractivity contribution in [1.29, 1.82) is 0 Å². The van der Waals surface area contributed by atoms with Crippen LogP contribution in [0.2, 0.25) is 0 Å². The van der Waals surface area contributed by atoms with Crippen molar-refractivity contribution in [2.24, 2.45) is 5.92 Å². The van der Waals surface area contributed by atoms with E-state index in [0.717, 1.165) is 12.5 Å². The number of ether oxygens (including phenoxy) is 1. The quantitative estimate of drug-likeness (QED) is 0.795. The van der Waals surface area contributed by atoms with Crippen molar-refractivity contribution in [2.45, 2.75) is 78.0 Å². The number of hydrogen-bond donors (Lipinski definition) is 1. The van der Waals surface area contributed by atoms with Crippen molar-refractivity contribution in [3.8, 4) is 0 Å². The van der Waals surface area contributed by atoms with Crippen molar-refractivity contribution >= 4 is 0 Å².